The molecule has 0 radical (unpaired) electrons. The van der Waals surface area contributed by atoms with E-state index in [1.165, 1.54) is 24.1 Å². The number of rotatable bonds is 5. The molecule has 1 unspecified atom stereocenters. The van der Waals surface area contributed by atoms with Crippen LogP contribution in [0.3, 0.4) is 0 Å². The van der Waals surface area contributed by atoms with Crippen molar-refractivity contribution in [3.05, 3.63) is 29.2 Å². The molecule has 1 saturated carbocycles. The lowest BCUT2D eigenvalue weighted by Gasteiger charge is -2.26. The largest absolute Gasteiger partial charge is 0.342 e. The number of nitrogens with zero attached hydrogens (tertiary/aromatic N) is 4. The van der Waals surface area contributed by atoms with E-state index in [2.05, 4.69) is 25.2 Å². The van der Waals surface area contributed by atoms with Crippen LogP contribution < -0.4 is 5.32 Å². The van der Waals surface area contributed by atoms with Crippen molar-refractivity contribution in [1.29, 1.82) is 0 Å². The Bertz CT molecular complexity index is 786. The quantitative estimate of drug-likeness (QED) is 0.844. The fourth-order valence-electron chi connectivity index (χ4n) is 4.15. The van der Waals surface area contributed by atoms with Crippen molar-refractivity contribution in [2.24, 2.45) is 11.8 Å². The van der Waals surface area contributed by atoms with Crippen molar-refractivity contribution < 1.29 is 4.79 Å². The van der Waals surface area contributed by atoms with Crippen LogP contribution in [0, 0.1) is 18.8 Å². The Hall–Kier alpha value is -2.02. The average Bonchev–Trinajstić information content (AvgIpc) is 3.31. The van der Waals surface area contributed by atoms with E-state index in [9.17, 15) is 4.79 Å². The Morgan fingerprint density at radius 1 is 1.26 bits per heavy atom. The molecule has 1 saturated heterocycles. The van der Waals surface area contributed by atoms with E-state index in [1.807, 2.05) is 19.2 Å². The summed E-state index contributed by atoms with van der Waals surface area (Å²) in [6.45, 7) is 3.77. The van der Waals surface area contributed by atoms with Gasteiger partial charge < -0.3 is 10.2 Å². The summed E-state index contributed by atoms with van der Waals surface area (Å²) >= 11 is 1.61. The number of carbonyl (C=O) groups excluding carboxylic acids is 1. The molecule has 2 aromatic heterocycles. The lowest BCUT2D eigenvalue weighted by atomic mass is 9.88. The molecule has 4 rings (SSSR count). The third-order valence-corrected chi connectivity index (χ3v) is 6.41. The molecular formula is C20H27N5OS. The van der Waals surface area contributed by atoms with Crippen LogP contribution in [0.25, 0.3) is 0 Å². The van der Waals surface area contributed by atoms with E-state index in [0.717, 1.165) is 55.5 Å². The van der Waals surface area contributed by atoms with Gasteiger partial charge in [-0.3, -0.25) is 4.79 Å². The highest BCUT2D eigenvalue weighted by atomic mass is 32.1. The standard InChI is InChI=1S/C20H27N5OS/c1-14-12-22-20(27-14)24-17-7-9-21-18(23-17)11-15-8-10-25(13-15)19(26)16-5-3-2-4-6-16/h7,9,12,15-16H,2-6,8,10-11,13H2,1H3,(H,21,22,23,24). The molecule has 2 fully saturated rings. The monoisotopic (exact) mass is 385 g/mol. The molecule has 3 heterocycles. The molecule has 1 atom stereocenters. The number of nitrogens with one attached hydrogen (secondary N) is 1. The summed E-state index contributed by atoms with van der Waals surface area (Å²) in [4.78, 5) is 29.4. The van der Waals surface area contributed by atoms with Gasteiger partial charge in [-0.1, -0.05) is 19.3 Å². The SMILES string of the molecule is Cc1cnc(Nc2ccnc(CC3CCN(C(=O)C4CCCCC4)C3)n2)s1. The van der Waals surface area contributed by atoms with Crippen LogP contribution in [0.4, 0.5) is 10.9 Å². The van der Waals surface area contributed by atoms with Crippen LogP contribution >= 0.6 is 11.3 Å². The predicted molar refractivity (Wildman–Crippen MR) is 107 cm³/mol. The van der Waals surface area contributed by atoms with Crippen LogP contribution in [0.1, 0.15) is 49.2 Å². The molecule has 7 heteroatoms. The van der Waals surface area contributed by atoms with Crippen molar-refractivity contribution in [2.75, 3.05) is 18.4 Å². The van der Waals surface area contributed by atoms with Crippen molar-refractivity contribution in [3.8, 4) is 0 Å². The summed E-state index contributed by atoms with van der Waals surface area (Å²) in [5.74, 6) is 2.72. The van der Waals surface area contributed by atoms with Gasteiger partial charge in [0.1, 0.15) is 11.6 Å². The van der Waals surface area contributed by atoms with Crippen LogP contribution in [-0.4, -0.2) is 38.8 Å². The Kier molecular flexibility index (Phi) is 5.66. The smallest absolute Gasteiger partial charge is 0.225 e. The van der Waals surface area contributed by atoms with E-state index in [4.69, 9.17) is 0 Å². The maximum atomic E-state index is 12.7. The van der Waals surface area contributed by atoms with Gasteiger partial charge in [0.25, 0.3) is 0 Å². The normalized spacial score (nSPS) is 20.8. The zero-order chi connectivity index (χ0) is 18.6. The fraction of sp³-hybridized carbons (Fsp3) is 0.600. The van der Waals surface area contributed by atoms with E-state index < -0.39 is 0 Å². The number of aromatic nitrogens is 3. The highest BCUT2D eigenvalue weighted by molar-refractivity contribution is 7.15. The van der Waals surface area contributed by atoms with Crippen molar-refractivity contribution in [3.63, 3.8) is 0 Å². The molecule has 0 aromatic carbocycles. The molecule has 2 aromatic rings. The molecule has 1 amide bonds. The fourth-order valence-corrected chi connectivity index (χ4v) is 4.83. The van der Waals surface area contributed by atoms with Crippen LogP contribution in [-0.2, 0) is 11.2 Å². The van der Waals surface area contributed by atoms with Gasteiger partial charge >= 0.3 is 0 Å². The van der Waals surface area contributed by atoms with Gasteiger partial charge in [0.2, 0.25) is 5.91 Å². The van der Waals surface area contributed by atoms with Gasteiger partial charge in [-0.2, -0.15) is 0 Å². The molecule has 144 valence electrons. The summed E-state index contributed by atoms with van der Waals surface area (Å²) in [5.41, 5.74) is 0. The van der Waals surface area contributed by atoms with Gasteiger partial charge in [-0.15, -0.1) is 11.3 Å². The molecule has 1 aliphatic heterocycles. The molecule has 2 aliphatic rings. The minimum atomic E-state index is 0.267. The number of hydrogen-bond donors (Lipinski definition) is 1. The molecular weight excluding hydrogens is 358 g/mol. The Morgan fingerprint density at radius 3 is 2.89 bits per heavy atom. The number of carbonyl (C=O) groups is 1. The number of anilines is 2. The second-order valence-corrected chi connectivity index (χ2v) is 8.97. The number of thiazole rings is 1. The first-order valence-electron chi connectivity index (χ1n) is 9.97. The Morgan fingerprint density at radius 2 is 2.11 bits per heavy atom. The molecule has 27 heavy (non-hydrogen) atoms. The Balaban J connectivity index is 1.33. The van der Waals surface area contributed by atoms with Gasteiger partial charge in [-0.25, -0.2) is 15.0 Å². The third kappa shape index (κ3) is 4.64. The first kappa shape index (κ1) is 18.3. The maximum absolute atomic E-state index is 12.7. The zero-order valence-electron chi connectivity index (χ0n) is 15.9. The maximum Gasteiger partial charge on any atom is 0.225 e. The summed E-state index contributed by atoms with van der Waals surface area (Å²) < 4.78 is 0. The van der Waals surface area contributed by atoms with Gasteiger partial charge in [-0.05, 0) is 38.2 Å². The van der Waals surface area contributed by atoms with Gasteiger partial charge in [0, 0.05) is 42.7 Å². The lowest BCUT2D eigenvalue weighted by Crippen LogP contribution is -2.35. The van der Waals surface area contributed by atoms with E-state index in [1.54, 1.807) is 17.5 Å². The first-order chi connectivity index (χ1) is 13.2. The van der Waals surface area contributed by atoms with E-state index >= 15 is 0 Å². The number of amides is 1. The number of hydrogen-bond acceptors (Lipinski definition) is 6. The minimum Gasteiger partial charge on any atom is -0.342 e. The van der Waals surface area contributed by atoms with Crippen LogP contribution in [0.5, 0.6) is 0 Å². The Labute approximate surface area is 164 Å². The highest BCUT2D eigenvalue weighted by Gasteiger charge is 2.31. The summed E-state index contributed by atoms with van der Waals surface area (Å²) in [6.07, 6.45) is 11.4. The molecule has 6 nitrogen and oxygen atoms in total. The lowest BCUT2D eigenvalue weighted by molar-refractivity contribution is -0.135. The van der Waals surface area contributed by atoms with Crippen LogP contribution in [0.2, 0.25) is 0 Å². The van der Waals surface area contributed by atoms with Gasteiger partial charge in [0.15, 0.2) is 5.13 Å². The summed E-state index contributed by atoms with van der Waals surface area (Å²) in [7, 11) is 0. The second kappa shape index (κ2) is 8.33. The zero-order valence-corrected chi connectivity index (χ0v) is 16.7. The van der Waals surface area contributed by atoms with Crippen LogP contribution in [0.15, 0.2) is 18.5 Å². The molecule has 0 spiro atoms. The average molecular weight is 386 g/mol. The summed E-state index contributed by atoms with van der Waals surface area (Å²) in [6, 6.07) is 1.87. The topological polar surface area (TPSA) is 71.0 Å². The highest BCUT2D eigenvalue weighted by Crippen LogP contribution is 2.29. The summed E-state index contributed by atoms with van der Waals surface area (Å²) in [5, 5.41) is 4.10. The molecule has 1 N–H and O–H groups in total. The minimum absolute atomic E-state index is 0.267. The first-order valence-corrected chi connectivity index (χ1v) is 10.8. The third-order valence-electron chi connectivity index (χ3n) is 5.58. The van der Waals surface area contributed by atoms with Crippen molar-refractivity contribution in [2.45, 2.75) is 51.9 Å². The number of aryl methyl sites for hydroxylation is 1. The van der Waals surface area contributed by atoms with Crippen molar-refractivity contribution in [1.82, 2.24) is 19.9 Å². The number of likely N-dealkylation sites (tertiary alicyclic amines) is 1. The van der Waals surface area contributed by atoms with Crippen molar-refractivity contribution >= 4 is 28.2 Å². The van der Waals surface area contributed by atoms with E-state index in [-0.39, 0.29) is 5.92 Å². The molecule has 1 aliphatic carbocycles. The predicted octanol–water partition coefficient (Wildman–Crippen LogP) is 3.96. The van der Waals surface area contributed by atoms with E-state index in [0.29, 0.717) is 11.8 Å². The second-order valence-electron chi connectivity index (χ2n) is 7.74. The van der Waals surface area contributed by atoms with Gasteiger partial charge in [0.05, 0.1) is 0 Å². The molecule has 0 bridgehead atoms.